The summed E-state index contributed by atoms with van der Waals surface area (Å²) in [6.07, 6.45) is 1.02. The summed E-state index contributed by atoms with van der Waals surface area (Å²) in [5.41, 5.74) is 2.05. The molecule has 0 heterocycles. The van der Waals surface area contributed by atoms with E-state index in [4.69, 9.17) is 11.6 Å². The van der Waals surface area contributed by atoms with Crippen molar-refractivity contribution in [1.82, 2.24) is 4.90 Å². The Morgan fingerprint density at radius 2 is 2.06 bits per heavy atom. The van der Waals surface area contributed by atoms with Crippen LogP contribution in [0.3, 0.4) is 0 Å². The fraction of sp³-hybridized carbons (Fsp3) is 0.462. The summed E-state index contributed by atoms with van der Waals surface area (Å²) in [5, 5.41) is 0.693. The molecular formula is C13H18ClNO. The molecule has 1 aromatic rings. The third-order valence-corrected chi connectivity index (χ3v) is 2.79. The van der Waals surface area contributed by atoms with Crippen LogP contribution in [0.15, 0.2) is 18.2 Å². The van der Waals surface area contributed by atoms with E-state index in [2.05, 4.69) is 0 Å². The molecule has 0 amide bonds. The van der Waals surface area contributed by atoms with E-state index in [1.807, 2.05) is 44.1 Å². The van der Waals surface area contributed by atoms with E-state index in [-0.39, 0.29) is 5.78 Å². The zero-order valence-corrected chi connectivity index (χ0v) is 10.8. The molecule has 0 atom stereocenters. The van der Waals surface area contributed by atoms with Gasteiger partial charge in [0.25, 0.3) is 0 Å². The first-order valence-electron chi connectivity index (χ1n) is 5.40. The maximum Gasteiger partial charge on any atom is 0.138 e. The van der Waals surface area contributed by atoms with E-state index in [1.54, 1.807) is 0 Å². The number of ketones is 1. The lowest BCUT2D eigenvalue weighted by molar-refractivity contribution is -0.118. The van der Waals surface area contributed by atoms with Crippen LogP contribution in [0.1, 0.15) is 17.5 Å². The summed E-state index contributed by atoms with van der Waals surface area (Å²) in [7, 11) is 3.93. The number of halogens is 1. The first-order valence-corrected chi connectivity index (χ1v) is 5.78. The number of carbonyl (C=O) groups excluding carboxylic acids is 1. The van der Waals surface area contributed by atoms with Crippen molar-refractivity contribution in [2.24, 2.45) is 0 Å². The zero-order valence-electron chi connectivity index (χ0n) is 10.1. The fourth-order valence-electron chi connectivity index (χ4n) is 1.44. The molecule has 0 aliphatic carbocycles. The molecule has 0 saturated carbocycles. The summed E-state index contributed by atoms with van der Waals surface area (Å²) < 4.78 is 0. The van der Waals surface area contributed by atoms with Gasteiger partial charge in [0.1, 0.15) is 5.78 Å². The van der Waals surface area contributed by atoms with Crippen LogP contribution in [0.5, 0.6) is 0 Å². The predicted molar refractivity (Wildman–Crippen MR) is 68.1 cm³/mol. The largest absolute Gasteiger partial charge is 0.309 e. The molecule has 2 nitrogen and oxygen atoms in total. The van der Waals surface area contributed by atoms with Crippen LogP contribution in [0.2, 0.25) is 5.02 Å². The van der Waals surface area contributed by atoms with Gasteiger partial charge in [0.2, 0.25) is 0 Å². The molecule has 3 heteroatoms. The first-order chi connectivity index (χ1) is 7.49. The van der Waals surface area contributed by atoms with Gasteiger partial charge in [0, 0.05) is 24.4 Å². The average Bonchev–Trinajstić information content (AvgIpc) is 2.19. The summed E-state index contributed by atoms with van der Waals surface area (Å²) in [6.45, 7) is 2.78. The van der Waals surface area contributed by atoms with E-state index in [9.17, 15) is 4.79 Å². The van der Waals surface area contributed by atoms with Crippen LogP contribution in [-0.2, 0) is 11.2 Å². The minimum absolute atomic E-state index is 0.236. The van der Waals surface area contributed by atoms with E-state index in [0.717, 1.165) is 17.7 Å². The molecule has 0 N–H and O–H groups in total. The van der Waals surface area contributed by atoms with E-state index in [1.165, 1.54) is 0 Å². The Kier molecular flexibility index (Phi) is 4.97. The minimum Gasteiger partial charge on any atom is -0.309 e. The fourth-order valence-corrected chi connectivity index (χ4v) is 1.75. The molecule has 0 aliphatic heterocycles. The Labute approximate surface area is 102 Å². The van der Waals surface area contributed by atoms with Gasteiger partial charge in [0.15, 0.2) is 0 Å². The summed E-state index contributed by atoms with van der Waals surface area (Å²) in [6, 6.07) is 5.82. The first kappa shape index (κ1) is 13.2. The van der Waals surface area contributed by atoms with Crippen LogP contribution >= 0.6 is 11.6 Å². The lowest BCUT2D eigenvalue weighted by Crippen LogP contribution is -2.17. The highest BCUT2D eigenvalue weighted by atomic mass is 35.5. The smallest absolute Gasteiger partial charge is 0.138 e. The van der Waals surface area contributed by atoms with Gasteiger partial charge in [-0.3, -0.25) is 4.79 Å². The van der Waals surface area contributed by atoms with Crippen molar-refractivity contribution in [1.29, 1.82) is 0 Å². The zero-order chi connectivity index (χ0) is 12.1. The molecule has 0 saturated heterocycles. The molecule has 0 aliphatic rings. The van der Waals surface area contributed by atoms with E-state index >= 15 is 0 Å². The normalized spacial score (nSPS) is 10.8. The van der Waals surface area contributed by atoms with Crippen molar-refractivity contribution in [3.8, 4) is 0 Å². The lowest BCUT2D eigenvalue weighted by atomic mass is 10.1. The summed E-state index contributed by atoms with van der Waals surface area (Å²) in [4.78, 5) is 13.7. The third-order valence-electron chi connectivity index (χ3n) is 2.43. The highest BCUT2D eigenvalue weighted by molar-refractivity contribution is 6.31. The standard InChI is InChI=1S/C13H18ClNO/c1-10-4-5-11(13(14)8-10)9-12(16)6-7-15(2)3/h4-5,8H,6-7,9H2,1-3H3. The second-order valence-corrected chi connectivity index (χ2v) is 4.77. The van der Waals surface area contributed by atoms with Gasteiger partial charge in [-0.2, -0.15) is 0 Å². The minimum atomic E-state index is 0.236. The van der Waals surface area contributed by atoms with Crippen molar-refractivity contribution < 1.29 is 4.79 Å². The maximum absolute atomic E-state index is 11.7. The molecule has 0 aromatic heterocycles. The van der Waals surface area contributed by atoms with Crippen LogP contribution in [-0.4, -0.2) is 31.3 Å². The van der Waals surface area contributed by atoms with Gasteiger partial charge in [-0.1, -0.05) is 23.7 Å². The quantitative estimate of drug-likeness (QED) is 0.788. The molecule has 0 fully saturated rings. The van der Waals surface area contributed by atoms with Crippen molar-refractivity contribution in [3.05, 3.63) is 34.3 Å². The van der Waals surface area contributed by atoms with Crippen LogP contribution in [0.25, 0.3) is 0 Å². The topological polar surface area (TPSA) is 20.3 Å². The van der Waals surface area contributed by atoms with Crippen molar-refractivity contribution in [3.63, 3.8) is 0 Å². The molecule has 1 rings (SSSR count). The molecular weight excluding hydrogens is 222 g/mol. The van der Waals surface area contributed by atoms with Crippen molar-refractivity contribution in [2.75, 3.05) is 20.6 Å². The number of nitrogens with zero attached hydrogens (tertiary/aromatic N) is 1. The number of rotatable bonds is 5. The SMILES string of the molecule is Cc1ccc(CC(=O)CCN(C)C)c(Cl)c1. The Balaban J connectivity index is 2.56. The summed E-state index contributed by atoms with van der Waals surface area (Å²) >= 11 is 6.07. The predicted octanol–water partition coefficient (Wildman–Crippen LogP) is 2.71. The van der Waals surface area contributed by atoms with Gasteiger partial charge in [-0.15, -0.1) is 0 Å². The number of carbonyl (C=O) groups is 1. The number of aryl methyl sites for hydroxylation is 1. The Morgan fingerprint density at radius 3 is 2.62 bits per heavy atom. The molecule has 0 radical (unpaired) electrons. The van der Waals surface area contributed by atoms with Crippen LogP contribution in [0, 0.1) is 6.92 Å². The molecule has 0 spiro atoms. The molecule has 16 heavy (non-hydrogen) atoms. The Hall–Kier alpha value is -0.860. The Morgan fingerprint density at radius 1 is 1.38 bits per heavy atom. The third kappa shape index (κ3) is 4.33. The molecule has 0 unspecified atom stereocenters. The van der Waals surface area contributed by atoms with Gasteiger partial charge >= 0.3 is 0 Å². The maximum atomic E-state index is 11.7. The Bertz CT molecular complexity index is 374. The van der Waals surface area contributed by atoms with Gasteiger partial charge in [-0.05, 0) is 38.2 Å². The summed E-state index contributed by atoms with van der Waals surface area (Å²) in [5.74, 6) is 0.236. The second kappa shape index (κ2) is 6.02. The highest BCUT2D eigenvalue weighted by Crippen LogP contribution is 2.18. The van der Waals surface area contributed by atoms with Crippen molar-refractivity contribution in [2.45, 2.75) is 19.8 Å². The molecule has 1 aromatic carbocycles. The number of benzene rings is 1. The number of hydrogen-bond acceptors (Lipinski definition) is 2. The van der Waals surface area contributed by atoms with Gasteiger partial charge < -0.3 is 4.90 Å². The van der Waals surface area contributed by atoms with Crippen LogP contribution < -0.4 is 0 Å². The molecule has 88 valence electrons. The van der Waals surface area contributed by atoms with Crippen molar-refractivity contribution >= 4 is 17.4 Å². The highest BCUT2D eigenvalue weighted by Gasteiger charge is 2.07. The number of hydrogen-bond donors (Lipinski definition) is 0. The second-order valence-electron chi connectivity index (χ2n) is 4.36. The van der Waals surface area contributed by atoms with Gasteiger partial charge in [0.05, 0.1) is 0 Å². The number of Topliss-reactive ketones (excluding diaryl/α,β-unsaturated/α-hetero) is 1. The van der Waals surface area contributed by atoms with E-state index in [0.29, 0.717) is 17.9 Å². The average molecular weight is 240 g/mol. The van der Waals surface area contributed by atoms with Crippen LogP contribution in [0.4, 0.5) is 0 Å². The van der Waals surface area contributed by atoms with E-state index < -0.39 is 0 Å². The lowest BCUT2D eigenvalue weighted by Gasteiger charge is -2.09. The molecule has 0 bridgehead atoms. The monoisotopic (exact) mass is 239 g/mol. The van der Waals surface area contributed by atoms with Gasteiger partial charge in [-0.25, -0.2) is 0 Å².